The van der Waals surface area contributed by atoms with Crippen LogP contribution in [0.4, 0.5) is 5.82 Å². The zero-order chi connectivity index (χ0) is 12.7. The van der Waals surface area contributed by atoms with E-state index in [9.17, 15) is 0 Å². The summed E-state index contributed by atoms with van der Waals surface area (Å²) >= 11 is 3.47. The Morgan fingerprint density at radius 2 is 2.28 bits per heavy atom. The summed E-state index contributed by atoms with van der Waals surface area (Å²) in [6, 6.07) is 0. The third-order valence-electron chi connectivity index (χ3n) is 3.43. The first-order chi connectivity index (χ1) is 8.69. The number of fused-ring (bicyclic) bond motifs is 3. The van der Waals surface area contributed by atoms with E-state index in [1.165, 1.54) is 23.3 Å². The highest BCUT2D eigenvalue weighted by Gasteiger charge is 2.23. The molecule has 1 aliphatic carbocycles. The molecule has 3 rings (SSSR count). The molecule has 0 saturated heterocycles. The molecule has 0 amide bonds. The molecule has 2 aromatic heterocycles. The van der Waals surface area contributed by atoms with Crippen LogP contribution in [0.15, 0.2) is 5.16 Å². The van der Waals surface area contributed by atoms with E-state index < -0.39 is 0 Å². The Bertz CT molecular complexity index is 591. The van der Waals surface area contributed by atoms with Crippen molar-refractivity contribution in [2.45, 2.75) is 38.3 Å². The van der Waals surface area contributed by atoms with Crippen molar-refractivity contribution in [3.8, 4) is 0 Å². The van der Waals surface area contributed by atoms with Gasteiger partial charge in [-0.1, -0.05) is 25.6 Å². The van der Waals surface area contributed by atoms with Gasteiger partial charge < -0.3 is 5.73 Å². The number of aryl methyl sites for hydroxylation is 1. The molecule has 0 fully saturated rings. The minimum Gasteiger partial charge on any atom is -0.383 e. The SMILES string of the molecule is CCSc1nc(N)c2c3c(sc2n1)CCC(C)C3. The number of aromatic nitrogens is 2. The first-order valence-electron chi connectivity index (χ1n) is 6.39. The van der Waals surface area contributed by atoms with Gasteiger partial charge in [0.05, 0.1) is 5.39 Å². The smallest absolute Gasteiger partial charge is 0.190 e. The predicted molar refractivity (Wildman–Crippen MR) is 79.4 cm³/mol. The number of nitrogen functional groups attached to an aromatic ring is 1. The highest BCUT2D eigenvalue weighted by Crippen LogP contribution is 2.39. The van der Waals surface area contributed by atoms with Crippen LogP contribution in [0.1, 0.15) is 30.7 Å². The maximum absolute atomic E-state index is 6.14. The third kappa shape index (κ3) is 1.99. The van der Waals surface area contributed by atoms with E-state index >= 15 is 0 Å². The molecular weight excluding hydrogens is 262 g/mol. The van der Waals surface area contributed by atoms with Gasteiger partial charge in [0, 0.05) is 4.88 Å². The molecule has 1 atom stereocenters. The Hall–Kier alpha value is -0.810. The fourth-order valence-electron chi connectivity index (χ4n) is 2.55. The van der Waals surface area contributed by atoms with Crippen molar-refractivity contribution in [1.29, 1.82) is 0 Å². The number of thiophene rings is 1. The van der Waals surface area contributed by atoms with E-state index in [0.29, 0.717) is 5.82 Å². The number of thioether (sulfide) groups is 1. The van der Waals surface area contributed by atoms with Crippen molar-refractivity contribution < 1.29 is 0 Å². The number of anilines is 1. The van der Waals surface area contributed by atoms with E-state index in [4.69, 9.17) is 5.73 Å². The number of hydrogen-bond acceptors (Lipinski definition) is 5. The van der Waals surface area contributed by atoms with E-state index in [1.807, 2.05) is 11.3 Å². The van der Waals surface area contributed by atoms with Gasteiger partial charge in [0.1, 0.15) is 10.6 Å². The Labute approximate surface area is 115 Å². The summed E-state index contributed by atoms with van der Waals surface area (Å²) in [4.78, 5) is 11.6. The average molecular weight is 279 g/mol. The normalized spacial score (nSPS) is 19.1. The van der Waals surface area contributed by atoms with Crippen LogP contribution >= 0.6 is 23.1 Å². The summed E-state index contributed by atoms with van der Waals surface area (Å²) in [6.45, 7) is 4.42. The zero-order valence-corrected chi connectivity index (χ0v) is 12.3. The highest BCUT2D eigenvalue weighted by molar-refractivity contribution is 7.99. The van der Waals surface area contributed by atoms with Gasteiger partial charge in [-0.2, -0.15) is 0 Å². The van der Waals surface area contributed by atoms with Gasteiger partial charge in [-0.15, -0.1) is 11.3 Å². The summed E-state index contributed by atoms with van der Waals surface area (Å²) in [7, 11) is 0. The lowest BCUT2D eigenvalue weighted by atomic mass is 9.89. The van der Waals surface area contributed by atoms with Crippen molar-refractivity contribution in [3.05, 3.63) is 10.4 Å². The number of hydrogen-bond donors (Lipinski definition) is 1. The predicted octanol–water partition coefficient (Wildman–Crippen LogP) is 3.51. The highest BCUT2D eigenvalue weighted by atomic mass is 32.2. The molecular formula is C13H17N3S2. The fraction of sp³-hybridized carbons (Fsp3) is 0.538. The molecule has 1 aliphatic rings. The molecule has 2 aromatic rings. The van der Waals surface area contributed by atoms with Crippen LogP contribution in [0, 0.1) is 5.92 Å². The monoisotopic (exact) mass is 279 g/mol. The summed E-state index contributed by atoms with van der Waals surface area (Å²) in [6.07, 6.45) is 3.58. The first kappa shape index (κ1) is 12.2. The second-order valence-electron chi connectivity index (χ2n) is 4.86. The fourth-order valence-corrected chi connectivity index (χ4v) is 4.41. The van der Waals surface area contributed by atoms with Crippen molar-refractivity contribution in [1.82, 2.24) is 9.97 Å². The maximum atomic E-state index is 6.14. The van der Waals surface area contributed by atoms with Crippen molar-refractivity contribution in [2.75, 3.05) is 11.5 Å². The molecule has 0 bridgehead atoms. The molecule has 2 heterocycles. The summed E-state index contributed by atoms with van der Waals surface area (Å²) < 4.78 is 0. The Morgan fingerprint density at radius 3 is 3.06 bits per heavy atom. The van der Waals surface area contributed by atoms with Crippen molar-refractivity contribution in [3.63, 3.8) is 0 Å². The van der Waals surface area contributed by atoms with Crippen LogP contribution in [0.5, 0.6) is 0 Å². The second-order valence-corrected chi connectivity index (χ2v) is 7.17. The second kappa shape index (κ2) is 4.70. The maximum Gasteiger partial charge on any atom is 0.190 e. The lowest BCUT2D eigenvalue weighted by Crippen LogP contribution is -2.09. The molecule has 96 valence electrons. The minimum absolute atomic E-state index is 0.669. The Morgan fingerprint density at radius 1 is 1.44 bits per heavy atom. The van der Waals surface area contributed by atoms with E-state index in [-0.39, 0.29) is 0 Å². The Balaban J connectivity index is 2.17. The average Bonchev–Trinajstić information content (AvgIpc) is 2.67. The van der Waals surface area contributed by atoms with Gasteiger partial charge in [-0.05, 0) is 36.5 Å². The summed E-state index contributed by atoms with van der Waals surface area (Å²) in [5, 5.41) is 1.94. The molecule has 3 nitrogen and oxygen atoms in total. The van der Waals surface area contributed by atoms with Gasteiger partial charge in [0.15, 0.2) is 5.16 Å². The van der Waals surface area contributed by atoms with Crippen LogP contribution in [-0.2, 0) is 12.8 Å². The topological polar surface area (TPSA) is 51.8 Å². The molecule has 2 N–H and O–H groups in total. The molecule has 1 unspecified atom stereocenters. The van der Waals surface area contributed by atoms with Gasteiger partial charge in [0.2, 0.25) is 0 Å². The number of nitrogens with zero attached hydrogens (tertiary/aromatic N) is 2. The van der Waals surface area contributed by atoms with Crippen LogP contribution in [-0.4, -0.2) is 15.7 Å². The van der Waals surface area contributed by atoms with Crippen LogP contribution in [0.25, 0.3) is 10.2 Å². The van der Waals surface area contributed by atoms with Crippen molar-refractivity contribution in [2.24, 2.45) is 5.92 Å². The zero-order valence-electron chi connectivity index (χ0n) is 10.7. The minimum atomic E-state index is 0.669. The van der Waals surface area contributed by atoms with Gasteiger partial charge in [-0.3, -0.25) is 0 Å². The number of rotatable bonds is 2. The van der Waals surface area contributed by atoms with Crippen LogP contribution < -0.4 is 5.73 Å². The van der Waals surface area contributed by atoms with Crippen molar-refractivity contribution >= 4 is 39.1 Å². The molecule has 0 aromatic carbocycles. The molecule has 0 radical (unpaired) electrons. The van der Waals surface area contributed by atoms with Gasteiger partial charge >= 0.3 is 0 Å². The molecule has 0 saturated carbocycles. The Kier molecular flexibility index (Phi) is 3.20. The molecule has 0 spiro atoms. The van der Waals surface area contributed by atoms with Gasteiger partial charge in [-0.25, -0.2) is 9.97 Å². The summed E-state index contributed by atoms with van der Waals surface area (Å²) in [5.74, 6) is 2.40. The molecule has 5 heteroatoms. The molecule has 18 heavy (non-hydrogen) atoms. The lowest BCUT2D eigenvalue weighted by molar-refractivity contribution is 0.508. The quantitative estimate of drug-likeness (QED) is 0.675. The third-order valence-corrected chi connectivity index (χ3v) is 5.35. The van der Waals surface area contributed by atoms with Gasteiger partial charge in [0.25, 0.3) is 0 Å². The lowest BCUT2D eigenvalue weighted by Gasteiger charge is -2.18. The largest absolute Gasteiger partial charge is 0.383 e. The number of nitrogens with two attached hydrogens (primary N) is 1. The standard InChI is InChI=1S/C13H17N3S2/c1-3-17-13-15-11(14)10-8-6-7(2)4-5-9(8)18-12(10)16-13/h7H,3-6H2,1-2H3,(H2,14,15,16). The summed E-state index contributed by atoms with van der Waals surface area (Å²) in [5.41, 5.74) is 7.56. The first-order valence-corrected chi connectivity index (χ1v) is 8.19. The molecule has 0 aliphatic heterocycles. The van der Waals surface area contributed by atoms with E-state index in [0.717, 1.165) is 33.5 Å². The van der Waals surface area contributed by atoms with E-state index in [2.05, 4.69) is 23.8 Å². The van der Waals surface area contributed by atoms with E-state index in [1.54, 1.807) is 11.8 Å². The van der Waals surface area contributed by atoms with Crippen LogP contribution in [0.2, 0.25) is 0 Å². The van der Waals surface area contributed by atoms with Crippen LogP contribution in [0.3, 0.4) is 0 Å².